The third-order valence-electron chi connectivity index (χ3n) is 3.11. The minimum atomic E-state index is -0.843. The molecular weight excluding hydrogens is 282 g/mol. The predicted octanol–water partition coefficient (Wildman–Crippen LogP) is 1.57. The number of carbonyl (C=O) groups excluding carboxylic acids is 1. The first kappa shape index (κ1) is 14.6. The second-order valence-corrected chi connectivity index (χ2v) is 5.03. The molecular formula is C13H16ClN3O3. The van der Waals surface area contributed by atoms with Crippen molar-refractivity contribution in [3.8, 4) is 0 Å². The molecule has 6 nitrogen and oxygen atoms in total. The standard InChI is InChI=1S/C13H16ClN3O3/c14-10-1-3-11(4-2-10)15-13(20)17-7-5-16(6-8-17)9-12(18)19/h1-4H,5-9H2,(H,15,20)(H,18,19). The monoisotopic (exact) mass is 297 g/mol. The number of halogens is 1. The molecule has 0 bridgehead atoms. The number of carboxylic acids is 1. The fourth-order valence-electron chi connectivity index (χ4n) is 2.04. The van der Waals surface area contributed by atoms with Gasteiger partial charge in [-0.1, -0.05) is 11.6 Å². The van der Waals surface area contributed by atoms with Crippen LogP contribution in [-0.4, -0.2) is 59.6 Å². The number of urea groups is 1. The minimum absolute atomic E-state index is 0.0205. The highest BCUT2D eigenvalue weighted by atomic mass is 35.5. The molecule has 7 heteroatoms. The molecule has 1 aliphatic heterocycles. The Morgan fingerprint density at radius 2 is 1.75 bits per heavy atom. The lowest BCUT2D eigenvalue weighted by Crippen LogP contribution is -2.51. The third-order valence-corrected chi connectivity index (χ3v) is 3.37. The van der Waals surface area contributed by atoms with Gasteiger partial charge in [-0.15, -0.1) is 0 Å². The highest BCUT2D eigenvalue weighted by molar-refractivity contribution is 6.30. The maximum atomic E-state index is 12.0. The lowest BCUT2D eigenvalue weighted by Gasteiger charge is -2.33. The Balaban J connectivity index is 1.82. The van der Waals surface area contributed by atoms with Crippen LogP contribution >= 0.6 is 11.6 Å². The molecule has 108 valence electrons. The van der Waals surface area contributed by atoms with Crippen LogP contribution in [0, 0.1) is 0 Å². The van der Waals surface area contributed by atoms with Crippen molar-refractivity contribution in [1.29, 1.82) is 0 Å². The molecule has 0 saturated carbocycles. The van der Waals surface area contributed by atoms with Gasteiger partial charge in [-0.2, -0.15) is 0 Å². The summed E-state index contributed by atoms with van der Waals surface area (Å²) in [4.78, 5) is 26.1. The fraction of sp³-hybridized carbons (Fsp3) is 0.385. The molecule has 0 unspecified atom stereocenters. The Morgan fingerprint density at radius 3 is 2.30 bits per heavy atom. The predicted molar refractivity (Wildman–Crippen MR) is 76.1 cm³/mol. The van der Waals surface area contributed by atoms with Crippen molar-refractivity contribution in [2.75, 3.05) is 38.0 Å². The summed E-state index contributed by atoms with van der Waals surface area (Å²) in [6.45, 7) is 2.20. The van der Waals surface area contributed by atoms with Crippen LogP contribution in [-0.2, 0) is 4.79 Å². The number of carboxylic acid groups (broad SMARTS) is 1. The average molecular weight is 298 g/mol. The maximum absolute atomic E-state index is 12.0. The van der Waals surface area contributed by atoms with E-state index in [2.05, 4.69) is 5.32 Å². The second-order valence-electron chi connectivity index (χ2n) is 4.59. The number of piperazine rings is 1. The number of benzene rings is 1. The minimum Gasteiger partial charge on any atom is -0.480 e. The molecule has 1 aliphatic rings. The fourth-order valence-corrected chi connectivity index (χ4v) is 2.16. The van der Waals surface area contributed by atoms with E-state index >= 15 is 0 Å². The molecule has 0 radical (unpaired) electrons. The summed E-state index contributed by atoms with van der Waals surface area (Å²) >= 11 is 5.78. The molecule has 1 aromatic carbocycles. The largest absolute Gasteiger partial charge is 0.480 e. The molecule has 0 spiro atoms. The summed E-state index contributed by atoms with van der Waals surface area (Å²) in [7, 11) is 0. The topological polar surface area (TPSA) is 72.9 Å². The van der Waals surface area contributed by atoms with Crippen LogP contribution in [0.5, 0.6) is 0 Å². The Kier molecular flexibility index (Phi) is 4.81. The molecule has 1 saturated heterocycles. The normalized spacial score (nSPS) is 15.9. The van der Waals surface area contributed by atoms with E-state index in [4.69, 9.17) is 16.7 Å². The van der Waals surface area contributed by atoms with Gasteiger partial charge in [0, 0.05) is 36.9 Å². The first-order valence-corrected chi connectivity index (χ1v) is 6.68. The molecule has 0 atom stereocenters. The van der Waals surface area contributed by atoms with Crippen molar-refractivity contribution in [3.05, 3.63) is 29.3 Å². The Morgan fingerprint density at radius 1 is 1.15 bits per heavy atom. The van der Waals surface area contributed by atoms with Gasteiger partial charge in [-0.05, 0) is 24.3 Å². The molecule has 2 rings (SSSR count). The molecule has 0 aliphatic carbocycles. The third kappa shape index (κ3) is 4.11. The second kappa shape index (κ2) is 6.58. The van der Waals surface area contributed by atoms with E-state index in [-0.39, 0.29) is 12.6 Å². The van der Waals surface area contributed by atoms with E-state index in [0.717, 1.165) is 0 Å². The molecule has 2 N–H and O–H groups in total. The first-order chi connectivity index (χ1) is 9.54. The summed E-state index contributed by atoms with van der Waals surface area (Å²) in [6.07, 6.45) is 0. The van der Waals surface area contributed by atoms with E-state index in [1.54, 1.807) is 29.2 Å². The van der Waals surface area contributed by atoms with Crippen molar-refractivity contribution in [2.24, 2.45) is 0 Å². The maximum Gasteiger partial charge on any atom is 0.321 e. The summed E-state index contributed by atoms with van der Waals surface area (Å²) in [5, 5.41) is 12.1. The smallest absolute Gasteiger partial charge is 0.321 e. The summed E-state index contributed by atoms with van der Waals surface area (Å²) in [5.74, 6) is -0.843. The lowest BCUT2D eigenvalue weighted by atomic mass is 10.3. The Labute approximate surface area is 121 Å². The van der Waals surface area contributed by atoms with Crippen LogP contribution in [0.2, 0.25) is 5.02 Å². The van der Waals surface area contributed by atoms with E-state index < -0.39 is 5.97 Å². The van der Waals surface area contributed by atoms with Crippen molar-refractivity contribution in [1.82, 2.24) is 9.80 Å². The summed E-state index contributed by atoms with van der Waals surface area (Å²) in [5.41, 5.74) is 0.687. The SMILES string of the molecule is O=C(O)CN1CCN(C(=O)Nc2ccc(Cl)cc2)CC1. The van der Waals surface area contributed by atoms with Gasteiger partial charge in [-0.25, -0.2) is 4.79 Å². The van der Waals surface area contributed by atoms with Gasteiger partial charge in [0.25, 0.3) is 0 Å². The lowest BCUT2D eigenvalue weighted by molar-refractivity contribution is -0.138. The quantitative estimate of drug-likeness (QED) is 0.888. The number of carbonyl (C=O) groups is 2. The number of amides is 2. The first-order valence-electron chi connectivity index (χ1n) is 6.30. The van der Waals surface area contributed by atoms with Gasteiger partial charge in [-0.3, -0.25) is 9.69 Å². The van der Waals surface area contributed by atoms with Crippen LogP contribution in [0.15, 0.2) is 24.3 Å². The highest BCUT2D eigenvalue weighted by Crippen LogP contribution is 2.14. The van der Waals surface area contributed by atoms with Gasteiger partial charge in [0.15, 0.2) is 0 Å². The van der Waals surface area contributed by atoms with Crippen LogP contribution in [0.25, 0.3) is 0 Å². The van der Waals surface area contributed by atoms with Crippen LogP contribution < -0.4 is 5.32 Å². The zero-order chi connectivity index (χ0) is 14.5. The van der Waals surface area contributed by atoms with E-state index in [1.165, 1.54) is 0 Å². The number of hydrogen-bond donors (Lipinski definition) is 2. The van der Waals surface area contributed by atoms with Gasteiger partial charge < -0.3 is 15.3 Å². The van der Waals surface area contributed by atoms with Crippen LogP contribution in [0.1, 0.15) is 0 Å². The molecule has 0 aromatic heterocycles. The molecule has 1 fully saturated rings. The Hall–Kier alpha value is -1.79. The number of aliphatic carboxylic acids is 1. The van der Waals surface area contributed by atoms with E-state index in [1.807, 2.05) is 4.90 Å². The van der Waals surface area contributed by atoms with Gasteiger partial charge in [0.05, 0.1) is 6.54 Å². The van der Waals surface area contributed by atoms with Crippen LogP contribution in [0.3, 0.4) is 0 Å². The number of anilines is 1. The zero-order valence-electron chi connectivity index (χ0n) is 10.9. The Bertz CT molecular complexity index is 484. The van der Waals surface area contributed by atoms with Crippen molar-refractivity contribution < 1.29 is 14.7 Å². The average Bonchev–Trinajstić information content (AvgIpc) is 2.41. The number of rotatable bonds is 3. The highest BCUT2D eigenvalue weighted by Gasteiger charge is 2.22. The summed E-state index contributed by atoms with van der Waals surface area (Å²) in [6, 6.07) is 6.72. The zero-order valence-corrected chi connectivity index (χ0v) is 11.6. The van der Waals surface area contributed by atoms with Crippen molar-refractivity contribution in [3.63, 3.8) is 0 Å². The number of hydrogen-bond acceptors (Lipinski definition) is 3. The van der Waals surface area contributed by atoms with Crippen molar-refractivity contribution >= 4 is 29.3 Å². The van der Waals surface area contributed by atoms with Gasteiger partial charge >= 0.3 is 12.0 Å². The van der Waals surface area contributed by atoms with Crippen molar-refractivity contribution in [2.45, 2.75) is 0 Å². The molecule has 20 heavy (non-hydrogen) atoms. The number of nitrogens with one attached hydrogen (secondary N) is 1. The van der Waals surface area contributed by atoms with Gasteiger partial charge in [0.2, 0.25) is 0 Å². The molecule has 1 heterocycles. The van der Waals surface area contributed by atoms with E-state index in [0.29, 0.717) is 36.9 Å². The molecule has 2 amide bonds. The van der Waals surface area contributed by atoms with E-state index in [9.17, 15) is 9.59 Å². The summed E-state index contributed by atoms with van der Waals surface area (Å²) < 4.78 is 0. The molecule has 1 aromatic rings. The van der Waals surface area contributed by atoms with Crippen LogP contribution in [0.4, 0.5) is 10.5 Å². The number of nitrogens with zero attached hydrogens (tertiary/aromatic N) is 2. The van der Waals surface area contributed by atoms with Gasteiger partial charge in [0.1, 0.15) is 0 Å².